The number of rotatable bonds is 5. The second-order valence-electron chi connectivity index (χ2n) is 4.76. The van der Waals surface area contributed by atoms with Crippen LogP contribution in [0.2, 0.25) is 0 Å². The number of ether oxygens (including phenoxy) is 3. The standard InChI is InChI=1S/C12H22O4/c1-6-11(10(13)16-9(2)3)7-12(8-11,14-4)15-5/h9H,6-8H2,1-5H3. The lowest BCUT2D eigenvalue weighted by molar-refractivity contribution is -0.296. The topological polar surface area (TPSA) is 44.8 Å². The summed E-state index contributed by atoms with van der Waals surface area (Å²) in [7, 11) is 3.22. The van der Waals surface area contributed by atoms with Crippen LogP contribution in [0.15, 0.2) is 0 Å². The Hall–Kier alpha value is -0.610. The van der Waals surface area contributed by atoms with Crippen LogP contribution < -0.4 is 0 Å². The van der Waals surface area contributed by atoms with Crippen molar-refractivity contribution in [1.29, 1.82) is 0 Å². The van der Waals surface area contributed by atoms with Crippen LogP contribution in [0.3, 0.4) is 0 Å². The molecule has 0 N–H and O–H groups in total. The van der Waals surface area contributed by atoms with Crippen molar-refractivity contribution in [2.75, 3.05) is 14.2 Å². The lowest BCUT2D eigenvalue weighted by Gasteiger charge is -2.52. The fourth-order valence-electron chi connectivity index (χ4n) is 2.23. The summed E-state index contributed by atoms with van der Waals surface area (Å²) in [5.74, 6) is -0.721. The molecule has 16 heavy (non-hydrogen) atoms. The van der Waals surface area contributed by atoms with Crippen molar-refractivity contribution in [2.24, 2.45) is 5.41 Å². The minimum atomic E-state index is -0.591. The van der Waals surface area contributed by atoms with E-state index in [4.69, 9.17) is 14.2 Å². The highest BCUT2D eigenvalue weighted by atomic mass is 16.7. The van der Waals surface area contributed by atoms with Crippen LogP contribution >= 0.6 is 0 Å². The lowest BCUT2D eigenvalue weighted by Crippen LogP contribution is -2.58. The zero-order chi connectivity index (χ0) is 12.4. The summed E-state index contributed by atoms with van der Waals surface area (Å²) >= 11 is 0. The maximum absolute atomic E-state index is 12.0. The van der Waals surface area contributed by atoms with Crippen molar-refractivity contribution in [1.82, 2.24) is 0 Å². The van der Waals surface area contributed by atoms with E-state index in [2.05, 4.69) is 0 Å². The molecule has 0 aromatic rings. The molecule has 0 amide bonds. The summed E-state index contributed by atoms with van der Waals surface area (Å²) in [6, 6.07) is 0. The lowest BCUT2D eigenvalue weighted by atomic mass is 9.62. The molecule has 0 bridgehead atoms. The van der Waals surface area contributed by atoms with Crippen LogP contribution in [0.5, 0.6) is 0 Å². The van der Waals surface area contributed by atoms with E-state index in [9.17, 15) is 4.79 Å². The molecular formula is C12H22O4. The fourth-order valence-corrected chi connectivity index (χ4v) is 2.23. The van der Waals surface area contributed by atoms with Gasteiger partial charge in [0.1, 0.15) is 0 Å². The largest absolute Gasteiger partial charge is 0.463 e. The molecule has 4 heteroatoms. The van der Waals surface area contributed by atoms with E-state index in [1.165, 1.54) is 0 Å². The van der Waals surface area contributed by atoms with Crippen molar-refractivity contribution >= 4 is 5.97 Å². The molecule has 0 aromatic carbocycles. The number of carbonyl (C=O) groups excluding carboxylic acids is 1. The molecule has 0 heterocycles. The number of hydrogen-bond donors (Lipinski definition) is 0. The van der Waals surface area contributed by atoms with Gasteiger partial charge in [-0.25, -0.2) is 0 Å². The Kier molecular flexibility index (Phi) is 3.97. The second-order valence-corrected chi connectivity index (χ2v) is 4.76. The van der Waals surface area contributed by atoms with Crippen molar-refractivity contribution in [3.05, 3.63) is 0 Å². The highest BCUT2D eigenvalue weighted by Gasteiger charge is 2.60. The van der Waals surface area contributed by atoms with Crippen LogP contribution in [0.25, 0.3) is 0 Å². The first-order valence-corrected chi connectivity index (χ1v) is 5.75. The van der Waals surface area contributed by atoms with Crippen LogP contribution in [0.4, 0.5) is 0 Å². The molecule has 4 nitrogen and oxygen atoms in total. The zero-order valence-electron chi connectivity index (χ0n) is 10.8. The Labute approximate surface area is 97.2 Å². The van der Waals surface area contributed by atoms with Gasteiger partial charge in [-0.2, -0.15) is 0 Å². The Morgan fingerprint density at radius 3 is 2.06 bits per heavy atom. The van der Waals surface area contributed by atoms with Crippen molar-refractivity contribution in [3.8, 4) is 0 Å². The van der Waals surface area contributed by atoms with E-state index in [1.807, 2.05) is 20.8 Å². The number of hydrogen-bond acceptors (Lipinski definition) is 4. The third kappa shape index (κ3) is 2.23. The molecule has 1 rings (SSSR count). The Morgan fingerprint density at radius 2 is 1.75 bits per heavy atom. The summed E-state index contributed by atoms with van der Waals surface area (Å²) < 4.78 is 15.9. The molecule has 0 radical (unpaired) electrons. The van der Waals surface area contributed by atoms with Gasteiger partial charge in [-0.3, -0.25) is 4.79 Å². The minimum Gasteiger partial charge on any atom is -0.463 e. The van der Waals surface area contributed by atoms with Gasteiger partial charge in [-0.1, -0.05) is 6.92 Å². The van der Waals surface area contributed by atoms with E-state index in [0.717, 1.165) is 6.42 Å². The number of methoxy groups -OCH3 is 2. The summed E-state index contributed by atoms with van der Waals surface area (Å²) in [5.41, 5.74) is -0.420. The Morgan fingerprint density at radius 1 is 1.25 bits per heavy atom. The average molecular weight is 230 g/mol. The third-order valence-electron chi connectivity index (χ3n) is 3.41. The molecule has 0 atom stereocenters. The summed E-state index contributed by atoms with van der Waals surface area (Å²) in [4.78, 5) is 12.0. The molecule has 1 fully saturated rings. The SMILES string of the molecule is CCC1(C(=O)OC(C)C)CC(OC)(OC)C1. The van der Waals surface area contributed by atoms with Gasteiger partial charge >= 0.3 is 5.97 Å². The first-order chi connectivity index (χ1) is 7.43. The number of carbonyl (C=O) groups is 1. The zero-order valence-corrected chi connectivity index (χ0v) is 10.8. The molecule has 94 valence electrons. The Balaban J connectivity index is 2.67. The van der Waals surface area contributed by atoms with Crippen molar-refractivity contribution in [3.63, 3.8) is 0 Å². The minimum absolute atomic E-state index is 0.0731. The molecule has 0 unspecified atom stereocenters. The van der Waals surface area contributed by atoms with Crippen LogP contribution in [0.1, 0.15) is 40.0 Å². The third-order valence-corrected chi connectivity index (χ3v) is 3.41. The molecule has 1 aliphatic rings. The van der Waals surface area contributed by atoms with E-state index in [-0.39, 0.29) is 12.1 Å². The highest BCUT2D eigenvalue weighted by Crippen LogP contribution is 2.53. The van der Waals surface area contributed by atoms with Gasteiger partial charge in [0.05, 0.1) is 11.5 Å². The predicted octanol–water partition coefficient (Wildman–Crippen LogP) is 2.12. The maximum Gasteiger partial charge on any atom is 0.312 e. The smallest absolute Gasteiger partial charge is 0.312 e. The number of esters is 1. The summed E-state index contributed by atoms with van der Waals surface area (Å²) in [6.07, 6.45) is 1.84. The summed E-state index contributed by atoms with van der Waals surface area (Å²) in [6.45, 7) is 5.72. The molecule has 1 aliphatic carbocycles. The van der Waals surface area contributed by atoms with Crippen LogP contribution in [-0.2, 0) is 19.0 Å². The molecule has 1 saturated carbocycles. The quantitative estimate of drug-likeness (QED) is 0.536. The Bertz CT molecular complexity index is 248. The predicted molar refractivity (Wildman–Crippen MR) is 59.9 cm³/mol. The van der Waals surface area contributed by atoms with E-state index in [1.54, 1.807) is 14.2 Å². The maximum atomic E-state index is 12.0. The molecule has 0 aromatic heterocycles. The van der Waals surface area contributed by atoms with E-state index >= 15 is 0 Å². The monoisotopic (exact) mass is 230 g/mol. The van der Waals surface area contributed by atoms with E-state index in [0.29, 0.717) is 12.8 Å². The molecule has 0 saturated heterocycles. The normalized spacial score (nSPS) is 21.6. The highest BCUT2D eigenvalue weighted by molar-refractivity contribution is 5.78. The second kappa shape index (κ2) is 4.72. The van der Waals surface area contributed by atoms with Gasteiger partial charge in [0.2, 0.25) is 0 Å². The van der Waals surface area contributed by atoms with Gasteiger partial charge in [0.15, 0.2) is 5.79 Å². The fraction of sp³-hybridized carbons (Fsp3) is 0.917. The van der Waals surface area contributed by atoms with Crippen LogP contribution in [-0.4, -0.2) is 32.1 Å². The van der Waals surface area contributed by atoms with Gasteiger partial charge in [0, 0.05) is 27.1 Å². The molecule has 0 spiro atoms. The van der Waals surface area contributed by atoms with Gasteiger partial charge in [0.25, 0.3) is 0 Å². The van der Waals surface area contributed by atoms with Crippen molar-refractivity contribution in [2.45, 2.75) is 51.9 Å². The van der Waals surface area contributed by atoms with Crippen LogP contribution in [0, 0.1) is 5.41 Å². The average Bonchev–Trinajstić information content (AvgIpc) is 2.18. The first-order valence-electron chi connectivity index (χ1n) is 5.75. The van der Waals surface area contributed by atoms with Gasteiger partial charge in [-0.05, 0) is 20.3 Å². The van der Waals surface area contributed by atoms with Crippen molar-refractivity contribution < 1.29 is 19.0 Å². The first kappa shape index (κ1) is 13.5. The molecule has 0 aliphatic heterocycles. The van der Waals surface area contributed by atoms with Gasteiger partial charge in [-0.15, -0.1) is 0 Å². The van der Waals surface area contributed by atoms with E-state index < -0.39 is 11.2 Å². The van der Waals surface area contributed by atoms with Gasteiger partial charge < -0.3 is 14.2 Å². The summed E-state index contributed by atoms with van der Waals surface area (Å²) in [5, 5.41) is 0. The molecular weight excluding hydrogens is 208 g/mol.